The first-order chi connectivity index (χ1) is 16.2. The van der Waals surface area contributed by atoms with Crippen molar-refractivity contribution >= 4 is 28.9 Å². The van der Waals surface area contributed by atoms with Gasteiger partial charge in [0.2, 0.25) is 0 Å². The molecular weight excluding hydrogens is 436 g/mol. The normalized spacial score (nSPS) is 21.1. The molecule has 5 rings (SSSR count). The van der Waals surface area contributed by atoms with Crippen LogP contribution in [0.5, 0.6) is 17.2 Å². The maximum absolute atomic E-state index is 13.5. The van der Waals surface area contributed by atoms with E-state index < -0.39 is 0 Å². The Balaban J connectivity index is 1.41. The first kappa shape index (κ1) is 21.9. The van der Waals surface area contributed by atoms with Crippen LogP contribution in [0.2, 0.25) is 0 Å². The predicted octanol–water partition coefficient (Wildman–Crippen LogP) is 5.27. The van der Waals surface area contributed by atoms with Crippen molar-refractivity contribution < 1.29 is 19.0 Å². The highest BCUT2D eigenvalue weighted by Crippen LogP contribution is 2.39. The van der Waals surface area contributed by atoms with Gasteiger partial charge in [-0.05, 0) is 66.1 Å². The van der Waals surface area contributed by atoms with Crippen LogP contribution in [0.1, 0.15) is 43.2 Å². The lowest BCUT2D eigenvalue weighted by atomic mass is 9.94. The summed E-state index contributed by atoms with van der Waals surface area (Å²) in [5, 5.41) is 0.798. The zero-order chi connectivity index (χ0) is 22.6. The molecule has 0 unspecified atom stereocenters. The highest BCUT2D eigenvalue weighted by Gasteiger charge is 2.38. The molecular formula is C26H28N2O4S. The summed E-state index contributed by atoms with van der Waals surface area (Å²) >= 11 is 1.47. The molecule has 172 valence electrons. The lowest BCUT2D eigenvalue weighted by molar-refractivity contribution is -0.124. The summed E-state index contributed by atoms with van der Waals surface area (Å²) in [5.74, 6) is 2.35. The Morgan fingerprint density at radius 2 is 1.82 bits per heavy atom. The van der Waals surface area contributed by atoms with E-state index in [1.165, 1.54) is 18.2 Å². The Bertz CT molecular complexity index is 1070. The van der Waals surface area contributed by atoms with Crippen LogP contribution in [0.25, 0.3) is 6.08 Å². The van der Waals surface area contributed by atoms with Gasteiger partial charge in [0.1, 0.15) is 19.0 Å². The Morgan fingerprint density at radius 1 is 1.06 bits per heavy atom. The SMILES string of the molecule is COc1ccc(C/N=C2\S/C(=C\c3ccc4c(c3)OCCO4)C(=O)N2C2CCCCC2)cc1. The summed E-state index contributed by atoms with van der Waals surface area (Å²) < 4.78 is 16.6. The molecule has 6 nitrogen and oxygen atoms in total. The number of hydrogen-bond donors (Lipinski definition) is 0. The molecule has 2 aromatic rings. The molecule has 1 amide bonds. The monoisotopic (exact) mass is 464 g/mol. The number of hydrogen-bond acceptors (Lipinski definition) is 6. The molecule has 0 spiro atoms. The lowest BCUT2D eigenvalue weighted by Crippen LogP contribution is -2.40. The molecule has 0 N–H and O–H groups in total. The first-order valence-electron chi connectivity index (χ1n) is 11.5. The van der Waals surface area contributed by atoms with Crippen molar-refractivity contribution in [2.24, 2.45) is 4.99 Å². The number of amides is 1. The Morgan fingerprint density at radius 3 is 2.58 bits per heavy atom. The third-order valence-corrected chi connectivity index (χ3v) is 7.22. The van der Waals surface area contributed by atoms with E-state index in [4.69, 9.17) is 19.2 Å². The third-order valence-electron chi connectivity index (χ3n) is 6.20. The molecule has 1 aliphatic carbocycles. The molecule has 0 atom stereocenters. The number of carbonyl (C=O) groups excluding carboxylic acids is 1. The van der Waals surface area contributed by atoms with Gasteiger partial charge in [-0.15, -0.1) is 0 Å². The van der Waals surface area contributed by atoms with Gasteiger partial charge >= 0.3 is 0 Å². The van der Waals surface area contributed by atoms with Gasteiger partial charge in [0.05, 0.1) is 18.6 Å². The van der Waals surface area contributed by atoms with Crippen molar-refractivity contribution in [3.05, 3.63) is 58.5 Å². The molecule has 2 aromatic carbocycles. The molecule has 1 saturated carbocycles. The van der Waals surface area contributed by atoms with Gasteiger partial charge in [-0.3, -0.25) is 14.7 Å². The van der Waals surface area contributed by atoms with E-state index in [9.17, 15) is 4.79 Å². The quantitative estimate of drug-likeness (QED) is 0.564. The average molecular weight is 465 g/mol. The fourth-order valence-electron chi connectivity index (χ4n) is 4.45. The van der Waals surface area contributed by atoms with Crippen molar-refractivity contribution in [3.8, 4) is 17.2 Å². The number of carbonyl (C=O) groups is 1. The van der Waals surface area contributed by atoms with Crippen molar-refractivity contribution in [2.75, 3.05) is 20.3 Å². The number of methoxy groups -OCH3 is 1. The Kier molecular flexibility index (Phi) is 6.58. The summed E-state index contributed by atoms with van der Waals surface area (Å²) in [4.78, 5) is 21.0. The van der Waals surface area contributed by atoms with E-state index >= 15 is 0 Å². The summed E-state index contributed by atoms with van der Waals surface area (Å²) in [6, 6.07) is 13.9. The molecule has 0 aromatic heterocycles. The maximum atomic E-state index is 13.5. The third kappa shape index (κ3) is 4.88. The van der Waals surface area contributed by atoms with Crippen LogP contribution in [-0.4, -0.2) is 42.3 Å². The van der Waals surface area contributed by atoms with Crippen molar-refractivity contribution in [1.29, 1.82) is 0 Å². The number of ether oxygens (including phenoxy) is 3. The van der Waals surface area contributed by atoms with Gasteiger partial charge in [-0.2, -0.15) is 0 Å². The molecule has 0 radical (unpaired) electrons. The van der Waals surface area contributed by atoms with Crippen molar-refractivity contribution in [1.82, 2.24) is 4.90 Å². The number of amidine groups is 1. The minimum Gasteiger partial charge on any atom is -0.497 e. The zero-order valence-electron chi connectivity index (χ0n) is 18.8. The summed E-state index contributed by atoms with van der Waals surface area (Å²) in [6.45, 7) is 1.63. The second kappa shape index (κ2) is 9.91. The van der Waals surface area contributed by atoms with Crippen LogP contribution >= 0.6 is 11.8 Å². The molecule has 0 bridgehead atoms. The minimum atomic E-state index is 0.0512. The highest BCUT2D eigenvalue weighted by atomic mass is 32.2. The predicted molar refractivity (Wildman–Crippen MR) is 131 cm³/mol. The highest BCUT2D eigenvalue weighted by molar-refractivity contribution is 8.18. The first-order valence-corrected chi connectivity index (χ1v) is 12.3. The molecule has 1 saturated heterocycles. The number of nitrogens with zero attached hydrogens (tertiary/aromatic N) is 2. The van der Waals surface area contributed by atoms with E-state index in [0.717, 1.165) is 59.2 Å². The summed E-state index contributed by atoms with van der Waals surface area (Å²) in [7, 11) is 1.66. The fraction of sp³-hybridized carbons (Fsp3) is 0.385. The molecule has 33 heavy (non-hydrogen) atoms. The lowest BCUT2D eigenvalue weighted by Gasteiger charge is -2.30. The van der Waals surface area contributed by atoms with Crippen molar-refractivity contribution in [2.45, 2.75) is 44.7 Å². The largest absolute Gasteiger partial charge is 0.497 e. The van der Waals surface area contributed by atoms with Crippen LogP contribution in [0.4, 0.5) is 0 Å². The van der Waals surface area contributed by atoms with E-state index in [-0.39, 0.29) is 11.9 Å². The second-order valence-corrected chi connectivity index (χ2v) is 9.44. The van der Waals surface area contributed by atoms with Crippen molar-refractivity contribution in [3.63, 3.8) is 0 Å². The smallest absolute Gasteiger partial charge is 0.266 e. The topological polar surface area (TPSA) is 60.4 Å². The van der Waals surface area contributed by atoms with Gasteiger partial charge < -0.3 is 14.2 Å². The van der Waals surface area contributed by atoms with E-state index in [1.807, 2.05) is 53.4 Å². The van der Waals surface area contributed by atoms with Gasteiger partial charge in [-0.1, -0.05) is 37.5 Å². The van der Waals surface area contributed by atoms with Gasteiger partial charge in [0, 0.05) is 6.04 Å². The number of thioether (sulfide) groups is 1. The fourth-order valence-corrected chi connectivity index (χ4v) is 5.49. The van der Waals surface area contributed by atoms with Crippen LogP contribution in [0.3, 0.4) is 0 Å². The second-order valence-electron chi connectivity index (χ2n) is 8.43. The Labute approximate surface area is 198 Å². The molecule has 2 fully saturated rings. The van der Waals surface area contributed by atoms with E-state index in [2.05, 4.69) is 0 Å². The Hall–Kier alpha value is -2.93. The number of fused-ring (bicyclic) bond motifs is 1. The van der Waals surface area contributed by atoms with E-state index in [1.54, 1.807) is 7.11 Å². The molecule has 3 aliphatic rings. The van der Waals surface area contributed by atoms with Crippen LogP contribution in [0.15, 0.2) is 52.4 Å². The zero-order valence-corrected chi connectivity index (χ0v) is 19.6. The standard InChI is InChI=1S/C26H28N2O4S/c1-30-21-10-7-18(8-11-21)17-27-26-28(20-5-3-2-4-6-20)25(29)24(33-26)16-19-9-12-22-23(15-19)32-14-13-31-22/h7-12,15-16,20H,2-6,13-14,17H2,1H3/b24-16-,27-26-. The average Bonchev–Trinajstić information content (AvgIpc) is 3.18. The number of rotatable bonds is 5. The maximum Gasteiger partial charge on any atom is 0.266 e. The van der Waals surface area contributed by atoms with Gasteiger partial charge in [0.15, 0.2) is 16.7 Å². The molecule has 7 heteroatoms. The van der Waals surface area contributed by atoms with Crippen LogP contribution < -0.4 is 14.2 Å². The molecule has 2 aliphatic heterocycles. The van der Waals surface area contributed by atoms with Crippen LogP contribution in [0, 0.1) is 0 Å². The van der Waals surface area contributed by atoms with Gasteiger partial charge in [-0.25, -0.2) is 0 Å². The number of benzene rings is 2. The number of aliphatic imine (C=N–C) groups is 1. The van der Waals surface area contributed by atoms with Crippen LogP contribution in [-0.2, 0) is 11.3 Å². The summed E-state index contributed by atoms with van der Waals surface area (Å²) in [5.41, 5.74) is 2.01. The van der Waals surface area contributed by atoms with Gasteiger partial charge in [0.25, 0.3) is 5.91 Å². The van der Waals surface area contributed by atoms with E-state index in [0.29, 0.717) is 24.7 Å². The minimum absolute atomic E-state index is 0.0512. The summed E-state index contributed by atoms with van der Waals surface area (Å²) in [6.07, 6.45) is 7.56. The molecule has 2 heterocycles.